The second kappa shape index (κ2) is 5.68. The second-order valence-corrected chi connectivity index (χ2v) is 5.16. The molecule has 9 heteroatoms. The third-order valence-electron chi connectivity index (χ3n) is 3.79. The summed E-state index contributed by atoms with van der Waals surface area (Å²) in [5.74, 6) is -0.181. The fourth-order valence-electron chi connectivity index (χ4n) is 2.69. The minimum atomic E-state index is -0.929. The van der Waals surface area contributed by atoms with E-state index in [1.807, 2.05) is 4.57 Å². The summed E-state index contributed by atoms with van der Waals surface area (Å²) >= 11 is 0. The monoisotopic (exact) mass is 295 g/mol. The van der Waals surface area contributed by atoms with Gasteiger partial charge in [0.1, 0.15) is 6.33 Å². The van der Waals surface area contributed by atoms with Gasteiger partial charge in [-0.15, -0.1) is 10.2 Å². The van der Waals surface area contributed by atoms with Crippen LogP contribution in [0.2, 0.25) is 0 Å². The van der Waals surface area contributed by atoms with Gasteiger partial charge in [-0.25, -0.2) is 4.79 Å². The number of carboxylic acids is 1. The lowest BCUT2D eigenvalue weighted by Crippen LogP contribution is -2.55. The lowest BCUT2D eigenvalue weighted by Gasteiger charge is -2.39. The predicted molar refractivity (Wildman–Crippen MR) is 69.4 cm³/mol. The standard InChI is InChI=1S/C12H17N5O4/c18-11(19)5-9-7-21-4-3-17(9)12(20)15-1-2-16-8-13-14-10(16)6-15/h8-9H,1-7H2,(H,18,19). The third-order valence-corrected chi connectivity index (χ3v) is 3.79. The maximum Gasteiger partial charge on any atom is 0.320 e. The topological polar surface area (TPSA) is 101 Å². The van der Waals surface area contributed by atoms with Crippen molar-refractivity contribution in [2.45, 2.75) is 25.6 Å². The van der Waals surface area contributed by atoms with Crippen LogP contribution in [0.3, 0.4) is 0 Å². The molecule has 1 unspecified atom stereocenters. The van der Waals surface area contributed by atoms with E-state index in [-0.39, 0.29) is 19.1 Å². The molecule has 2 aliphatic heterocycles. The van der Waals surface area contributed by atoms with Gasteiger partial charge in [0, 0.05) is 19.6 Å². The molecule has 1 aromatic heterocycles. The molecule has 1 atom stereocenters. The molecule has 3 rings (SSSR count). The molecule has 1 fully saturated rings. The Morgan fingerprint density at radius 2 is 2.24 bits per heavy atom. The summed E-state index contributed by atoms with van der Waals surface area (Å²) in [4.78, 5) is 26.8. The third kappa shape index (κ3) is 2.82. The molecule has 0 saturated carbocycles. The number of ether oxygens (including phenoxy) is 1. The van der Waals surface area contributed by atoms with Gasteiger partial charge in [0.25, 0.3) is 0 Å². The lowest BCUT2D eigenvalue weighted by atomic mass is 10.1. The van der Waals surface area contributed by atoms with Crippen molar-refractivity contribution >= 4 is 12.0 Å². The molecule has 114 valence electrons. The fourth-order valence-corrected chi connectivity index (χ4v) is 2.69. The van der Waals surface area contributed by atoms with E-state index < -0.39 is 12.0 Å². The van der Waals surface area contributed by atoms with Gasteiger partial charge in [-0.05, 0) is 0 Å². The maximum atomic E-state index is 12.6. The molecule has 0 spiro atoms. The van der Waals surface area contributed by atoms with Gasteiger partial charge < -0.3 is 24.2 Å². The van der Waals surface area contributed by atoms with Crippen LogP contribution in [-0.2, 0) is 22.6 Å². The van der Waals surface area contributed by atoms with E-state index in [1.54, 1.807) is 16.1 Å². The summed E-state index contributed by atoms with van der Waals surface area (Å²) in [5, 5.41) is 16.8. The number of carboxylic acid groups (broad SMARTS) is 1. The molecule has 2 aliphatic rings. The zero-order chi connectivity index (χ0) is 14.8. The normalized spacial score (nSPS) is 22.0. The van der Waals surface area contributed by atoms with Crippen molar-refractivity contribution in [2.24, 2.45) is 0 Å². The van der Waals surface area contributed by atoms with Crippen LogP contribution >= 0.6 is 0 Å². The summed E-state index contributed by atoms with van der Waals surface area (Å²) in [7, 11) is 0. The summed E-state index contributed by atoms with van der Waals surface area (Å²) in [6, 6.07) is -0.567. The molecular formula is C12H17N5O4. The number of rotatable bonds is 2. The number of amides is 2. The van der Waals surface area contributed by atoms with E-state index in [0.29, 0.717) is 32.8 Å². The van der Waals surface area contributed by atoms with Crippen LogP contribution in [0.5, 0.6) is 0 Å². The van der Waals surface area contributed by atoms with Crippen LogP contribution in [0.1, 0.15) is 12.2 Å². The number of hydrogen-bond donors (Lipinski definition) is 1. The molecule has 0 aromatic carbocycles. The van der Waals surface area contributed by atoms with Crippen molar-refractivity contribution in [2.75, 3.05) is 26.3 Å². The number of urea groups is 1. The Morgan fingerprint density at radius 1 is 1.38 bits per heavy atom. The van der Waals surface area contributed by atoms with Crippen LogP contribution < -0.4 is 0 Å². The van der Waals surface area contributed by atoms with Crippen molar-refractivity contribution in [3.63, 3.8) is 0 Å². The Balaban J connectivity index is 1.70. The highest BCUT2D eigenvalue weighted by atomic mass is 16.5. The zero-order valence-electron chi connectivity index (χ0n) is 11.5. The van der Waals surface area contributed by atoms with E-state index in [9.17, 15) is 9.59 Å². The smallest absolute Gasteiger partial charge is 0.320 e. The SMILES string of the molecule is O=C(O)CC1COCCN1C(=O)N1CCn2cnnc2C1. The highest BCUT2D eigenvalue weighted by Gasteiger charge is 2.33. The minimum Gasteiger partial charge on any atom is -0.481 e. The Labute approximate surface area is 121 Å². The molecule has 0 radical (unpaired) electrons. The zero-order valence-corrected chi connectivity index (χ0v) is 11.5. The Morgan fingerprint density at radius 3 is 3.05 bits per heavy atom. The number of fused-ring (bicyclic) bond motifs is 1. The maximum absolute atomic E-state index is 12.6. The molecule has 2 amide bonds. The van der Waals surface area contributed by atoms with Crippen LogP contribution in [0, 0.1) is 0 Å². The van der Waals surface area contributed by atoms with Crippen LogP contribution in [0.4, 0.5) is 4.79 Å². The van der Waals surface area contributed by atoms with Crippen LogP contribution in [0.25, 0.3) is 0 Å². The van der Waals surface area contributed by atoms with Crippen molar-refractivity contribution < 1.29 is 19.4 Å². The van der Waals surface area contributed by atoms with E-state index in [0.717, 1.165) is 5.82 Å². The quantitative estimate of drug-likeness (QED) is 0.781. The van der Waals surface area contributed by atoms with Gasteiger partial charge >= 0.3 is 12.0 Å². The number of morpholine rings is 1. The average Bonchev–Trinajstić information content (AvgIpc) is 2.94. The van der Waals surface area contributed by atoms with Crippen LogP contribution in [-0.4, -0.2) is 74.0 Å². The number of carbonyl (C=O) groups is 2. The first-order valence-corrected chi connectivity index (χ1v) is 6.87. The van der Waals surface area contributed by atoms with Gasteiger partial charge in [-0.2, -0.15) is 0 Å². The average molecular weight is 295 g/mol. The summed E-state index contributed by atoms with van der Waals surface area (Å²) in [6.07, 6.45) is 1.55. The Bertz CT molecular complexity index is 546. The molecule has 1 saturated heterocycles. The summed E-state index contributed by atoms with van der Waals surface area (Å²) < 4.78 is 7.21. The van der Waals surface area contributed by atoms with E-state index in [2.05, 4.69) is 10.2 Å². The molecule has 0 aliphatic carbocycles. The first-order valence-electron chi connectivity index (χ1n) is 6.87. The first-order chi connectivity index (χ1) is 10.1. The van der Waals surface area contributed by atoms with E-state index in [4.69, 9.17) is 9.84 Å². The number of carbonyl (C=O) groups excluding carboxylic acids is 1. The summed E-state index contributed by atoms with van der Waals surface area (Å²) in [6.45, 7) is 2.74. The Hall–Kier alpha value is -2.16. The molecule has 21 heavy (non-hydrogen) atoms. The van der Waals surface area contributed by atoms with Gasteiger partial charge in [0.15, 0.2) is 5.82 Å². The predicted octanol–water partition coefficient (Wildman–Crippen LogP) is -0.611. The molecule has 1 aromatic rings. The van der Waals surface area contributed by atoms with Gasteiger partial charge in [-0.1, -0.05) is 0 Å². The minimum absolute atomic E-state index is 0.101. The fraction of sp³-hybridized carbons (Fsp3) is 0.667. The van der Waals surface area contributed by atoms with Gasteiger partial charge in [0.05, 0.1) is 32.2 Å². The van der Waals surface area contributed by atoms with Crippen LogP contribution in [0.15, 0.2) is 6.33 Å². The Kier molecular flexibility index (Phi) is 3.74. The first kappa shape index (κ1) is 13.8. The highest BCUT2D eigenvalue weighted by Crippen LogP contribution is 2.17. The second-order valence-electron chi connectivity index (χ2n) is 5.16. The highest BCUT2D eigenvalue weighted by molar-refractivity contribution is 5.76. The van der Waals surface area contributed by atoms with Crippen molar-refractivity contribution in [1.29, 1.82) is 0 Å². The van der Waals surface area contributed by atoms with Crippen molar-refractivity contribution in [3.05, 3.63) is 12.2 Å². The van der Waals surface area contributed by atoms with E-state index >= 15 is 0 Å². The molecule has 9 nitrogen and oxygen atoms in total. The molecule has 3 heterocycles. The molecule has 0 bridgehead atoms. The van der Waals surface area contributed by atoms with Gasteiger partial charge in [-0.3, -0.25) is 4.79 Å². The summed E-state index contributed by atoms with van der Waals surface area (Å²) in [5.41, 5.74) is 0. The number of nitrogens with zero attached hydrogens (tertiary/aromatic N) is 5. The van der Waals surface area contributed by atoms with Crippen molar-refractivity contribution in [1.82, 2.24) is 24.6 Å². The van der Waals surface area contributed by atoms with Gasteiger partial charge in [0.2, 0.25) is 0 Å². The van der Waals surface area contributed by atoms with E-state index in [1.165, 1.54) is 0 Å². The number of hydrogen-bond acceptors (Lipinski definition) is 5. The largest absolute Gasteiger partial charge is 0.481 e. The number of aromatic nitrogens is 3. The number of aliphatic carboxylic acids is 1. The molecular weight excluding hydrogens is 278 g/mol. The van der Waals surface area contributed by atoms with Crippen molar-refractivity contribution in [3.8, 4) is 0 Å². The molecule has 1 N–H and O–H groups in total. The lowest BCUT2D eigenvalue weighted by molar-refractivity contribution is -0.139.